The minimum absolute atomic E-state index is 0.121. The largest absolute Gasteiger partial charge is 0.479 e. The number of rotatable bonds is 15. The monoisotopic (exact) mass is 1230 g/mol. The number of allylic oxidation sites excluding steroid dienone is 3. The molecule has 0 aromatic rings. The molecule has 8 fully saturated rings. The van der Waals surface area contributed by atoms with Crippen LogP contribution < -0.4 is 0 Å². The number of carboxylic acids is 1. The lowest BCUT2D eigenvalue weighted by molar-refractivity contribution is -0.400. The second-order valence-electron chi connectivity index (χ2n) is 27.4. The number of ether oxygens (including phenoxy) is 10. The highest BCUT2D eigenvalue weighted by Crippen LogP contribution is 2.76. The van der Waals surface area contributed by atoms with Gasteiger partial charge in [0.2, 0.25) is 0 Å². The van der Waals surface area contributed by atoms with Crippen molar-refractivity contribution in [3.05, 3.63) is 23.3 Å². The van der Waals surface area contributed by atoms with Gasteiger partial charge >= 0.3 is 17.9 Å². The highest BCUT2D eigenvalue weighted by atomic mass is 16.8. The number of aliphatic hydroxyl groups excluding tert-OH is 13. The van der Waals surface area contributed by atoms with Gasteiger partial charge in [-0.15, -0.1) is 0 Å². The average Bonchev–Trinajstić information content (AvgIpc) is 0.675. The van der Waals surface area contributed by atoms with E-state index in [-0.39, 0.29) is 24.7 Å². The highest BCUT2D eigenvalue weighted by Gasteiger charge is 2.74. The summed E-state index contributed by atoms with van der Waals surface area (Å²) in [4.78, 5) is 39.6. The molecule has 30 atom stereocenters. The summed E-state index contributed by atoms with van der Waals surface area (Å²) in [5.74, 6) is -4.03. The van der Waals surface area contributed by atoms with Crippen LogP contribution in [0.3, 0.4) is 0 Å². The van der Waals surface area contributed by atoms with Crippen LogP contribution in [0.25, 0.3) is 0 Å². The third kappa shape index (κ3) is 11.0. The maximum Gasteiger partial charge on any atom is 0.335 e. The Morgan fingerprint density at radius 2 is 1.27 bits per heavy atom. The van der Waals surface area contributed by atoms with Crippen molar-refractivity contribution in [3.8, 4) is 0 Å². The minimum Gasteiger partial charge on any atom is -0.479 e. The zero-order valence-electron chi connectivity index (χ0n) is 50.1. The highest BCUT2D eigenvalue weighted by molar-refractivity contribution is 5.87. The van der Waals surface area contributed by atoms with Gasteiger partial charge in [0.05, 0.1) is 50.7 Å². The standard InChI is InChI=1S/C59H92O27/c1-10-24(2)49(76)86-46-47(79-25(3)63)59(23-62)27(17-54(46,4)5)26-11-12-32-55(6)15-14-34(56(7,22-61)31(55)13-16-57(32,8)58(26,9)18-33(59)66)81-53-45(85-52-44(36(68)29(65)21-78-52)84-50-39(71)35(67)28(64)20-77-50)42(41(73)43(83-53)48(74)75)82-51-40(72)38(70)37(69)30(19-60)80-51/h10-11,27-47,50-53,60-62,64-73H,12-23H2,1-9H3,(H,74,75)/b24-10+/t27-,28+,29-,30+,31+,32+,33+,34-,35-,36-,37+,38-,39+,40+,41-,42-,43-,44+,45+,46-,47-,50-,51-,52-,53+,55-,56-,57+,58+,59-/m0/s1. The zero-order valence-corrected chi connectivity index (χ0v) is 50.1. The third-order valence-corrected chi connectivity index (χ3v) is 22.4. The molecular weight excluding hydrogens is 1140 g/mol. The van der Waals surface area contributed by atoms with Crippen molar-refractivity contribution in [2.75, 3.05) is 33.0 Å². The molecule has 4 saturated carbocycles. The van der Waals surface area contributed by atoms with E-state index in [1.165, 1.54) is 6.92 Å². The van der Waals surface area contributed by atoms with Gasteiger partial charge in [-0.3, -0.25) is 4.79 Å². The van der Waals surface area contributed by atoms with Gasteiger partial charge in [-0.1, -0.05) is 59.3 Å². The van der Waals surface area contributed by atoms with Crippen molar-refractivity contribution in [3.63, 3.8) is 0 Å². The molecule has 86 heavy (non-hydrogen) atoms. The fourth-order valence-corrected chi connectivity index (χ4v) is 17.1. The van der Waals surface area contributed by atoms with Crippen LogP contribution >= 0.6 is 0 Å². The van der Waals surface area contributed by atoms with Crippen molar-refractivity contribution >= 4 is 17.9 Å². The molecule has 4 aliphatic heterocycles. The first kappa shape index (κ1) is 67.4. The van der Waals surface area contributed by atoms with E-state index in [0.29, 0.717) is 37.7 Å². The summed E-state index contributed by atoms with van der Waals surface area (Å²) >= 11 is 0. The number of hydrogen-bond donors (Lipinski definition) is 14. The van der Waals surface area contributed by atoms with Gasteiger partial charge in [0, 0.05) is 23.3 Å². The molecule has 4 saturated heterocycles. The van der Waals surface area contributed by atoms with Gasteiger partial charge in [0.1, 0.15) is 91.6 Å². The maximum absolute atomic E-state index is 13.5. The Bertz CT molecular complexity index is 2510. The molecular formula is C59H92O27. The van der Waals surface area contributed by atoms with E-state index in [9.17, 15) is 85.9 Å². The van der Waals surface area contributed by atoms with Crippen LogP contribution in [0.4, 0.5) is 0 Å². The number of aliphatic hydroxyl groups is 13. The molecule has 5 aliphatic carbocycles. The van der Waals surface area contributed by atoms with Crippen LogP contribution in [0, 0.1) is 50.2 Å². The summed E-state index contributed by atoms with van der Waals surface area (Å²) in [6.07, 6.45) is -32.4. The summed E-state index contributed by atoms with van der Waals surface area (Å²) < 4.78 is 60.8. The van der Waals surface area contributed by atoms with E-state index in [2.05, 4.69) is 26.8 Å². The molecule has 9 rings (SSSR count). The lowest BCUT2D eigenvalue weighted by Gasteiger charge is -2.72. The molecule has 0 bridgehead atoms. The van der Waals surface area contributed by atoms with Crippen LogP contribution in [-0.2, 0) is 61.8 Å². The Labute approximate surface area is 498 Å². The average molecular weight is 1230 g/mol. The number of esters is 2. The van der Waals surface area contributed by atoms with Crippen molar-refractivity contribution in [1.29, 1.82) is 0 Å². The number of carbonyl (C=O) groups is 3. The molecule has 9 aliphatic rings. The van der Waals surface area contributed by atoms with E-state index in [1.807, 2.05) is 20.8 Å². The number of aliphatic carboxylic acids is 1. The minimum atomic E-state index is -2.26. The normalized spacial score (nSPS) is 51.2. The van der Waals surface area contributed by atoms with E-state index in [0.717, 1.165) is 5.57 Å². The quantitative estimate of drug-likeness (QED) is 0.0357. The predicted molar refractivity (Wildman–Crippen MR) is 290 cm³/mol. The maximum atomic E-state index is 13.5. The number of fused-ring (bicyclic) bond motifs is 7. The van der Waals surface area contributed by atoms with Gasteiger partial charge in [-0.25, -0.2) is 9.59 Å². The molecule has 4 heterocycles. The van der Waals surface area contributed by atoms with Crippen molar-refractivity contribution < 1.29 is 133 Å². The van der Waals surface area contributed by atoms with Crippen LogP contribution in [0.1, 0.15) is 107 Å². The molecule has 0 aromatic heterocycles. The van der Waals surface area contributed by atoms with Crippen LogP contribution in [0.15, 0.2) is 23.3 Å². The molecule has 490 valence electrons. The fourth-order valence-electron chi connectivity index (χ4n) is 17.1. The first-order chi connectivity index (χ1) is 40.3. The molecule has 27 heteroatoms. The van der Waals surface area contributed by atoms with Gasteiger partial charge in [0.15, 0.2) is 31.3 Å². The Morgan fingerprint density at radius 1 is 0.640 bits per heavy atom. The van der Waals surface area contributed by atoms with Crippen LogP contribution in [0.2, 0.25) is 0 Å². The zero-order chi connectivity index (χ0) is 63.3. The van der Waals surface area contributed by atoms with Crippen molar-refractivity contribution in [2.45, 2.75) is 242 Å². The first-order valence-electron chi connectivity index (χ1n) is 30.0. The Balaban J connectivity index is 1.06. The number of carbonyl (C=O) groups excluding carboxylic acids is 2. The van der Waals surface area contributed by atoms with E-state index in [1.54, 1.807) is 19.9 Å². The molecule has 0 unspecified atom stereocenters. The fraction of sp³-hybridized carbons (Fsp3) is 0.881. The van der Waals surface area contributed by atoms with Crippen LogP contribution in [0.5, 0.6) is 0 Å². The van der Waals surface area contributed by atoms with Gasteiger partial charge in [0.25, 0.3) is 0 Å². The summed E-state index contributed by atoms with van der Waals surface area (Å²) in [6.45, 7) is 13.6. The molecule has 27 nitrogen and oxygen atoms in total. The molecule has 0 aromatic carbocycles. The van der Waals surface area contributed by atoms with Crippen molar-refractivity contribution in [1.82, 2.24) is 0 Å². The molecule has 0 spiro atoms. The Kier molecular flexibility index (Phi) is 19.5. The van der Waals surface area contributed by atoms with E-state index in [4.69, 9.17) is 47.4 Å². The second-order valence-corrected chi connectivity index (χ2v) is 27.4. The van der Waals surface area contributed by atoms with Gasteiger partial charge in [-0.2, -0.15) is 0 Å². The molecule has 0 radical (unpaired) electrons. The lowest BCUT2D eigenvalue weighted by atomic mass is 9.33. The third-order valence-electron chi connectivity index (χ3n) is 22.4. The second kappa shape index (κ2) is 24.9. The molecule has 0 amide bonds. The van der Waals surface area contributed by atoms with Crippen LogP contribution in [-0.4, -0.2) is 257 Å². The summed E-state index contributed by atoms with van der Waals surface area (Å²) in [5.41, 5.74) is -4.02. The smallest absolute Gasteiger partial charge is 0.335 e. The van der Waals surface area contributed by atoms with Gasteiger partial charge in [-0.05, 0) is 92.8 Å². The number of hydrogen-bond acceptors (Lipinski definition) is 26. The topological polar surface area (TPSA) is 427 Å². The van der Waals surface area contributed by atoms with E-state index >= 15 is 0 Å². The summed E-state index contributed by atoms with van der Waals surface area (Å²) in [7, 11) is 0. The lowest BCUT2D eigenvalue weighted by Crippen LogP contribution is -2.72. The first-order valence-corrected chi connectivity index (χ1v) is 30.0. The predicted octanol–water partition coefficient (Wildman–Crippen LogP) is -2.22. The SMILES string of the molecule is C/C=C(\C)C(=O)O[C@H]1[C@H](OC(C)=O)[C@]2(CO)[C@H](O)C[C@]3(C)C(=CC[C@@H]4[C@@]5(C)CC[C@H](O[C@@H]6O[C@H](C(=O)O)[C@@H](O)[C@H](O[C@@H]7O[C@H](CO)[C@@H](O)[C@H](O)[C@H]7O)[C@H]6O[C@@H]6OC[C@H](O)[C@H](O)[C@H]6O[C@@H]6OC[C@@H](O)[C@H](O)[C@H]6O)[C@@](C)(CO)[C@@H]5CC[C@]43C)[C@@H]2CC1(C)C. The number of carboxylic acid groups (broad SMARTS) is 1. The van der Waals surface area contributed by atoms with E-state index < -0.39 is 224 Å². The van der Waals surface area contributed by atoms with Gasteiger partial charge < -0.3 is 119 Å². The van der Waals surface area contributed by atoms with Crippen molar-refractivity contribution in [2.24, 2.45) is 50.2 Å². The molecule has 14 N–H and O–H groups in total. The Morgan fingerprint density at radius 3 is 1.88 bits per heavy atom. The summed E-state index contributed by atoms with van der Waals surface area (Å²) in [5, 5.41) is 156. The Hall–Kier alpha value is -2.95. The summed E-state index contributed by atoms with van der Waals surface area (Å²) in [6, 6.07) is 0.